The fourth-order valence-corrected chi connectivity index (χ4v) is 11.0. The molecular formula is C33H52N2O2. The van der Waals surface area contributed by atoms with Gasteiger partial charge >= 0.3 is 0 Å². The quantitative estimate of drug-likeness (QED) is 0.444. The van der Waals surface area contributed by atoms with E-state index in [1.54, 1.807) is 5.57 Å². The van der Waals surface area contributed by atoms with Gasteiger partial charge in [-0.3, -0.25) is 9.69 Å². The topological polar surface area (TPSA) is 43.8 Å². The van der Waals surface area contributed by atoms with Crippen molar-refractivity contribution < 1.29 is 9.90 Å². The zero-order valence-corrected chi connectivity index (χ0v) is 23.8. The van der Waals surface area contributed by atoms with Crippen LogP contribution in [-0.2, 0) is 4.79 Å². The highest BCUT2D eigenvalue weighted by Crippen LogP contribution is 2.67. The predicted octanol–water partition coefficient (Wildman–Crippen LogP) is 6.06. The number of fused-ring (bicyclic) bond motifs is 6. The number of carbonyl (C=O) groups is 1. The number of carbonyl (C=O) groups excluding carboxylic acids is 1. The van der Waals surface area contributed by atoms with Crippen LogP contribution in [0.4, 0.5) is 0 Å². The first kappa shape index (κ1) is 26.1. The summed E-state index contributed by atoms with van der Waals surface area (Å²) in [6.07, 6.45) is 17.2. The monoisotopic (exact) mass is 508 g/mol. The second-order valence-corrected chi connectivity index (χ2v) is 14.6. The van der Waals surface area contributed by atoms with Crippen molar-refractivity contribution in [2.45, 2.75) is 104 Å². The van der Waals surface area contributed by atoms with Gasteiger partial charge in [-0.15, -0.1) is 6.58 Å². The van der Waals surface area contributed by atoms with E-state index in [0.717, 1.165) is 75.5 Å². The van der Waals surface area contributed by atoms with Gasteiger partial charge in [0.25, 0.3) is 0 Å². The Bertz CT molecular complexity index is 929. The van der Waals surface area contributed by atoms with E-state index < -0.39 is 0 Å². The molecule has 0 aromatic carbocycles. The normalized spacial score (nSPS) is 46.0. The fourth-order valence-electron chi connectivity index (χ4n) is 11.0. The summed E-state index contributed by atoms with van der Waals surface area (Å²) in [5, 5.41) is 10.3. The molecule has 0 radical (unpaired) electrons. The van der Waals surface area contributed by atoms with Gasteiger partial charge in [0, 0.05) is 38.6 Å². The van der Waals surface area contributed by atoms with Gasteiger partial charge in [0.05, 0.1) is 6.10 Å². The number of aliphatic hydroxyl groups excluding tert-OH is 1. The van der Waals surface area contributed by atoms with E-state index in [1.165, 1.54) is 44.9 Å². The Labute approximate surface area is 225 Å². The first-order valence-corrected chi connectivity index (χ1v) is 15.7. The van der Waals surface area contributed by atoms with Crippen LogP contribution in [0.25, 0.3) is 0 Å². The number of aliphatic hydroxyl groups is 1. The summed E-state index contributed by atoms with van der Waals surface area (Å²) < 4.78 is 0. The van der Waals surface area contributed by atoms with Crippen LogP contribution in [0, 0.1) is 46.3 Å². The van der Waals surface area contributed by atoms with E-state index in [-0.39, 0.29) is 6.10 Å². The van der Waals surface area contributed by atoms with Crippen molar-refractivity contribution in [1.82, 2.24) is 9.80 Å². The van der Waals surface area contributed by atoms with Crippen LogP contribution in [0.1, 0.15) is 91.4 Å². The Morgan fingerprint density at radius 3 is 2.81 bits per heavy atom. The van der Waals surface area contributed by atoms with Crippen molar-refractivity contribution in [2.75, 3.05) is 26.2 Å². The van der Waals surface area contributed by atoms with Crippen molar-refractivity contribution in [3.63, 3.8) is 0 Å². The maximum Gasteiger partial charge on any atom is 0.222 e. The van der Waals surface area contributed by atoms with E-state index in [1.807, 2.05) is 6.08 Å². The van der Waals surface area contributed by atoms with E-state index in [2.05, 4.69) is 43.2 Å². The lowest BCUT2D eigenvalue weighted by Gasteiger charge is -2.58. The Morgan fingerprint density at radius 1 is 1.16 bits per heavy atom. The first-order valence-electron chi connectivity index (χ1n) is 15.7. The molecule has 2 heterocycles. The SMILES string of the molecule is C=CCN1C[C@H]2CCN(C(=O)CCC(C)[C@H]3CC[C@H]4[C@@H]5CC=C6C[C@@H](O)CC[C@]6(C)[C@H]5CC[C@]34C)[C@H]2C1. The average molecular weight is 509 g/mol. The molecule has 0 aromatic heterocycles. The highest BCUT2D eigenvalue weighted by molar-refractivity contribution is 5.77. The number of likely N-dealkylation sites (tertiary alicyclic amines) is 2. The smallest absolute Gasteiger partial charge is 0.222 e. The number of hydrogen-bond acceptors (Lipinski definition) is 3. The first-order chi connectivity index (χ1) is 17.7. The molecule has 5 fully saturated rings. The summed E-state index contributed by atoms with van der Waals surface area (Å²) in [5.41, 5.74) is 2.35. The molecule has 4 nitrogen and oxygen atoms in total. The van der Waals surface area contributed by atoms with Gasteiger partial charge in [0.2, 0.25) is 5.91 Å². The average Bonchev–Trinajstić information content (AvgIpc) is 3.55. The minimum Gasteiger partial charge on any atom is -0.393 e. The lowest BCUT2D eigenvalue weighted by atomic mass is 9.47. The molecule has 0 bridgehead atoms. The fraction of sp³-hybridized carbons (Fsp3) is 0.848. The summed E-state index contributed by atoms with van der Waals surface area (Å²) >= 11 is 0. The molecule has 1 unspecified atom stereocenters. The lowest BCUT2D eigenvalue weighted by molar-refractivity contribution is -0.132. The van der Waals surface area contributed by atoms with Gasteiger partial charge in [-0.2, -0.15) is 0 Å². The van der Waals surface area contributed by atoms with Gasteiger partial charge in [-0.05, 0) is 111 Å². The standard InChI is InChI=1S/C33H52N2O2/c1-5-17-34-20-23-14-18-35(30(23)21-34)31(37)11-6-22(2)27-9-10-28-26-8-7-24-19-25(36)12-15-32(24,3)29(26)13-16-33(27,28)4/h5,7,22-23,25-30,36H,1,6,8-21H2,2-4H3/t22?,23-,25+,26+,27-,28+,29+,30+,32+,33-/m1/s1. The largest absolute Gasteiger partial charge is 0.393 e. The number of amides is 1. The maximum atomic E-state index is 13.4. The second-order valence-electron chi connectivity index (χ2n) is 14.6. The molecule has 1 N–H and O–H groups in total. The predicted molar refractivity (Wildman–Crippen MR) is 150 cm³/mol. The molecule has 6 rings (SSSR count). The van der Waals surface area contributed by atoms with E-state index in [9.17, 15) is 9.90 Å². The minimum atomic E-state index is -0.115. The van der Waals surface area contributed by atoms with Gasteiger partial charge in [-0.25, -0.2) is 0 Å². The molecule has 1 amide bonds. The molecule has 4 heteroatoms. The summed E-state index contributed by atoms with van der Waals surface area (Å²) in [4.78, 5) is 18.1. The van der Waals surface area contributed by atoms with Crippen LogP contribution in [0.2, 0.25) is 0 Å². The lowest BCUT2D eigenvalue weighted by Crippen LogP contribution is -2.50. The summed E-state index contributed by atoms with van der Waals surface area (Å²) in [6.45, 7) is 15.6. The summed E-state index contributed by atoms with van der Waals surface area (Å²) in [7, 11) is 0. The Kier molecular flexibility index (Phi) is 6.92. The van der Waals surface area contributed by atoms with Gasteiger partial charge in [-0.1, -0.05) is 38.5 Å². The van der Waals surface area contributed by atoms with E-state index in [4.69, 9.17) is 0 Å². The Hall–Kier alpha value is -1.13. The molecule has 0 aromatic rings. The van der Waals surface area contributed by atoms with Crippen molar-refractivity contribution in [1.29, 1.82) is 0 Å². The molecule has 4 aliphatic carbocycles. The third-order valence-corrected chi connectivity index (χ3v) is 13.0. The summed E-state index contributed by atoms with van der Waals surface area (Å²) in [6, 6.07) is 0.443. The molecule has 6 aliphatic rings. The zero-order chi connectivity index (χ0) is 25.9. The Balaban J connectivity index is 1.08. The van der Waals surface area contributed by atoms with Gasteiger partial charge in [0.1, 0.15) is 0 Å². The maximum absolute atomic E-state index is 13.4. The summed E-state index contributed by atoms with van der Waals surface area (Å²) in [5.74, 6) is 4.95. The van der Waals surface area contributed by atoms with Crippen molar-refractivity contribution in [2.24, 2.45) is 46.3 Å². The van der Waals surface area contributed by atoms with Crippen LogP contribution in [0.5, 0.6) is 0 Å². The third-order valence-electron chi connectivity index (χ3n) is 13.0. The van der Waals surface area contributed by atoms with Crippen LogP contribution in [0.15, 0.2) is 24.3 Å². The molecule has 2 aliphatic heterocycles. The van der Waals surface area contributed by atoms with E-state index in [0.29, 0.717) is 34.6 Å². The van der Waals surface area contributed by atoms with Crippen LogP contribution in [-0.4, -0.2) is 59.1 Å². The molecule has 3 saturated carbocycles. The molecule has 2 saturated heterocycles. The van der Waals surface area contributed by atoms with E-state index >= 15 is 0 Å². The van der Waals surface area contributed by atoms with Gasteiger partial charge in [0.15, 0.2) is 0 Å². The van der Waals surface area contributed by atoms with Crippen LogP contribution >= 0.6 is 0 Å². The zero-order valence-electron chi connectivity index (χ0n) is 23.8. The van der Waals surface area contributed by atoms with Crippen molar-refractivity contribution in [3.8, 4) is 0 Å². The third kappa shape index (κ3) is 4.28. The molecular weight excluding hydrogens is 456 g/mol. The van der Waals surface area contributed by atoms with Gasteiger partial charge < -0.3 is 10.0 Å². The van der Waals surface area contributed by atoms with Crippen molar-refractivity contribution in [3.05, 3.63) is 24.3 Å². The number of allylic oxidation sites excluding steroid dienone is 1. The second kappa shape index (κ2) is 9.81. The Morgan fingerprint density at radius 2 is 2.00 bits per heavy atom. The highest BCUT2D eigenvalue weighted by atomic mass is 16.3. The number of rotatable bonds is 6. The van der Waals surface area contributed by atoms with Crippen LogP contribution < -0.4 is 0 Å². The molecule has 0 spiro atoms. The molecule has 10 atom stereocenters. The number of nitrogens with zero attached hydrogens (tertiary/aromatic N) is 2. The molecule has 37 heavy (non-hydrogen) atoms. The number of hydrogen-bond donors (Lipinski definition) is 1. The minimum absolute atomic E-state index is 0.115. The van der Waals surface area contributed by atoms with Crippen molar-refractivity contribution >= 4 is 5.91 Å². The van der Waals surface area contributed by atoms with Crippen LogP contribution in [0.3, 0.4) is 0 Å². The molecule has 206 valence electrons. The highest BCUT2D eigenvalue weighted by Gasteiger charge is 2.59.